The summed E-state index contributed by atoms with van der Waals surface area (Å²) in [4.78, 5) is 21.5. The van der Waals surface area contributed by atoms with E-state index in [4.69, 9.17) is 21.1 Å². The minimum atomic E-state index is -0.126. The van der Waals surface area contributed by atoms with Crippen molar-refractivity contribution in [2.75, 3.05) is 38.3 Å². The van der Waals surface area contributed by atoms with Crippen molar-refractivity contribution in [1.29, 1.82) is 0 Å². The van der Waals surface area contributed by atoms with Gasteiger partial charge in [0, 0.05) is 28.6 Å². The molecule has 8 heteroatoms. The minimum absolute atomic E-state index is 0.126. The number of hydrogen-bond acceptors (Lipinski definition) is 6. The summed E-state index contributed by atoms with van der Waals surface area (Å²) in [5.74, 6) is 1.30. The quantitative estimate of drug-likeness (QED) is 0.638. The van der Waals surface area contributed by atoms with E-state index in [1.54, 1.807) is 42.0 Å². The van der Waals surface area contributed by atoms with E-state index in [0.717, 1.165) is 40.8 Å². The van der Waals surface area contributed by atoms with Gasteiger partial charge in [-0.25, -0.2) is 0 Å². The zero-order chi connectivity index (χ0) is 21.4. The largest absolute Gasteiger partial charge is 0.497 e. The fourth-order valence-corrected chi connectivity index (χ4v) is 5.01. The number of benzene rings is 2. The average molecular weight is 454 g/mol. The normalized spacial score (nSPS) is 17.2. The highest BCUT2D eigenvalue weighted by Gasteiger charge is 2.32. The topological polar surface area (TPSA) is 54.4 Å². The fourth-order valence-electron chi connectivity index (χ4n) is 3.84. The summed E-state index contributed by atoms with van der Waals surface area (Å²) in [6.45, 7) is 2.49. The van der Waals surface area contributed by atoms with E-state index in [-0.39, 0.29) is 5.91 Å². The van der Waals surface area contributed by atoms with E-state index < -0.39 is 0 Å². The Labute approximate surface area is 189 Å². The molecule has 3 aliphatic rings. The van der Waals surface area contributed by atoms with Crippen molar-refractivity contribution in [3.8, 4) is 11.5 Å². The van der Waals surface area contributed by atoms with Crippen LogP contribution in [0.5, 0.6) is 11.5 Å². The number of anilines is 1. The first kappa shape index (κ1) is 20.0. The van der Waals surface area contributed by atoms with Crippen molar-refractivity contribution in [3.05, 3.63) is 64.0 Å². The monoisotopic (exact) mass is 453 g/mol. The van der Waals surface area contributed by atoms with Crippen LogP contribution in [0.25, 0.3) is 11.8 Å². The first-order chi connectivity index (χ1) is 15.1. The van der Waals surface area contributed by atoms with Crippen LogP contribution in [0, 0.1) is 0 Å². The molecule has 1 amide bonds. The third-order valence-electron chi connectivity index (χ3n) is 5.31. The number of thioether (sulfide) groups is 1. The molecule has 2 aromatic rings. The molecule has 5 rings (SSSR count). The van der Waals surface area contributed by atoms with Crippen LogP contribution in [0.3, 0.4) is 0 Å². The molecule has 0 aromatic heterocycles. The van der Waals surface area contributed by atoms with Gasteiger partial charge in [-0.2, -0.15) is 0 Å². The van der Waals surface area contributed by atoms with Crippen LogP contribution in [-0.2, 0) is 4.79 Å². The molecule has 2 aromatic carbocycles. The molecule has 0 radical (unpaired) electrons. The number of carbonyl (C=O) groups excluding carboxylic acids is 1. The van der Waals surface area contributed by atoms with Crippen LogP contribution < -0.4 is 14.4 Å². The van der Waals surface area contributed by atoms with Gasteiger partial charge in [-0.3, -0.25) is 9.79 Å². The number of amidine groups is 1. The maximum absolute atomic E-state index is 13.1. The molecule has 0 spiro atoms. The smallest absolute Gasteiger partial charge is 0.251 e. The molecule has 0 atom stereocenters. The lowest BCUT2D eigenvalue weighted by molar-refractivity contribution is -0.114. The first-order valence-electron chi connectivity index (χ1n) is 9.93. The highest BCUT2D eigenvalue weighted by atomic mass is 35.5. The lowest BCUT2D eigenvalue weighted by Gasteiger charge is -2.31. The molecule has 0 aliphatic carbocycles. The SMILES string of the molecule is COc1cccc(C=CC(=O)N2CCOc3c(C4=CSC5=NCCN45)cc(Cl)cc32)c1. The molecule has 31 heavy (non-hydrogen) atoms. The highest BCUT2D eigenvalue weighted by molar-refractivity contribution is 8.16. The Bertz CT molecular complexity index is 1140. The number of aliphatic imine (C=N–C) groups is 1. The number of halogens is 1. The van der Waals surface area contributed by atoms with Gasteiger partial charge in [-0.15, -0.1) is 0 Å². The maximum Gasteiger partial charge on any atom is 0.251 e. The summed E-state index contributed by atoms with van der Waals surface area (Å²) in [7, 11) is 1.62. The summed E-state index contributed by atoms with van der Waals surface area (Å²) in [5.41, 5.74) is 3.48. The Kier molecular flexibility index (Phi) is 5.38. The predicted octanol–water partition coefficient (Wildman–Crippen LogP) is 4.50. The van der Waals surface area contributed by atoms with Crippen molar-refractivity contribution in [2.45, 2.75) is 0 Å². The fraction of sp³-hybridized carbons (Fsp3) is 0.217. The number of fused-ring (bicyclic) bond motifs is 2. The molecule has 0 unspecified atom stereocenters. The van der Waals surface area contributed by atoms with Gasteiger partial charge in [0.25, 0.3) is 5.91 Å². The van der Waals surface area contributed by atoms with Gasteiger partial charge in [0.15, 0.2) is 10.9 Å². The van der Waals surface area contributed by atoms with Gasteiger partial charge in [-0.1, -0.05) is 35.5 Å². The molecule has 0 saturated carbocycles. The second-order valence-electron chi connectivity index (χ2n) is 7.19. The number of hydrogen-bond donors (Lipinski definition) is 0. The van der Waals surface area contributed by atoms with E-state index in [0.29, 0.717) is 29.6 Å². The summed E-state index contributed by atoms with van der Waals surface area (Å²) in [6, 6.07) is 11.3. The van der Waals surface area contributed by atoms with Crippen LogP contribution in [0.1, 0.15) is 11.1 Å². The Morgan fingerprint density at radius 1 is 1.29 bits per heavy atom. The third-order valence-corrected chi connectivity index (χ3v) is 6.43. The maximum atomic E-state index is 13.1. The Hall–Kier alpha value is -2.90. The van der Waals surface area contributed by atoms with Crippen molar-refractivity contribution in [1.82, 2.24) is 4.90 Å². The zero-order valence-electron chi connectivity index (χ0n) is 16.9. The molecular formula is C23H20ClN3O3S. The Balaban J connectivity index is 1.46. The second-order valence-corrected chi connectivity index (χ2v) is 8.46. The van der Waals surface area contributed by atoms with Crippen LogP contribution in [-0.4, -0.2) is 49.3 Å². The van der Waals surface area contributed by atoms with Gasteiger partial charge < -0.3 is 19.3 Å². The number of amides is 1. The van der Waals surface area contributed by atoms with Crippen LogP contribution in [0.2, 0.25) is 5.02 Å². The summed E-state index contributed by atoms with van der Waals surface area (Å²) in [6.07, 6.45) is 3.36. The van der Waals surface area contributed by atoms with Crippen molar-refractivity contribution in [2.24, 2.45) is 4.99 Å². The number of methoxy groups -OCH3 is 1. The molecular weight excluding hydrogens is 434 g/mol. The summed E-state index contributed by atoms with van der Waals surface area (Å²) in [5, 5.41) is 3.62. The van der Waals surface area contributed by atoms with Gasteiger partial charge in [-0.05, 0) is 35.9 Å². The lowest BCUT2D eigenvalue weighted by Crippen LogP contribution is -2.37. The van der Waals surface area contributed by atoms with Crippen molar-refractivity contribution < 1.29 is 14.3 Å². The lowest BCUT2D eigenvalue weighted by atomic mass is 10.1. The van der Waals surface area contributed by atoms with Crippen LogP contribution in [0.15, 0.2) is 52.9 Å². The Morgan fingerprint density at radius 3 is 3.06 bits per heavy atom. The predicted molar refractivity (Wildman–Crippen MR) is 126 cm³/mol. The van der Waals surface area contributed by atoms with Crippen molar-refractivity contribution in [3.63, 3.8) is 0 Å². The van der Waals surface area contributed by atoms with E-state index in [1.807, 2.05) is 30.3 Å². The van der Waals surface area contributed by atoms with Crippen molar-refractivity contribution >= 4 is 51.9 Å². The molecule has 3 heterocycles. The standard InChI is InChI=1S/C23H20ClN3O3S/c1-29-17-4-2-3-15(11-17)5-6-21(28)26-9-10-30-22-18(12-16(24)13-19(22)26)20-14-31-23-25-7-8-27(20)23/h2-6,11-14H,7-10H2,1H3. The molecule has 3 aliphatic heterocycles. The molecule has 0 bridgehead atoms. The van der Waals surface area contributed by atoms with E-state index in [1.165, 1.54) is 0 Å². The average Bonchev–Trinajstić information content (AvgIpc) is 3.41. The number of ether oxygens (including phenoxy) is 2. The highest BCUT2D eigenvalue weighted by Crippen LogP contribution is 2.45. The van der Waals surface area contributed by atoms with Crippen LogP contribution in [0.4, 0.5) is 5.69 Å². The van der Waals surface area contributed by atoms with Gasteiger partial charge in [0.1, 0.15) is 12.4 Å². The van der Waals surface area contributed by atoms with Gasteiger partial charge >= 0.3 is 0 Å². The van der Waals surface area contributed by atoms with Gasteiger partial charge in [0.05, 0.1) is 31.6 Å². The Morgan fingerprint density at radius 2 is 2.19 bits per heavy atom. The van der Waals surface area contributed by atoms with Gasteiger partial charge in [0.2, 0.25) is 0 Å². The summed E-state index contributed by atoms with van der Waals surface area (Å²) >= 11 is 8.07. The summed E-state index contributed by atoms with van der Waals surface area (Å²) < 4.78 is 11.3. The van der Waals surface area contributed by atoms with E-state index in [9.17, 15) is 4.79 Å². The first-order valence-corrected chi connectivity index (χ1v) is 11.2. The zero-order valence-corrected chi connectivity index (χ0v) is 18.4. The van der Waals surface area contributed by atoms with E-state index in [2.05, 4.69) is 15.3 Å². The molecule has 6 nitrogen and oxygen atoms in total. The molecule has 0 fully saturated rings. The molecule has 0 saturated heterocycles. The minimum Gasteiger partial charge on any atom is -0.497 e. The molecule has 0 N–H and O–H groups in total. The number of nitrogens with zero attached hydrogens (tertiary/aromatic N) is 3. The molecule has 158 valence electrons. The number of rotatable bonds is 4. The van der Waals surface area contributed by atoms with E-state index >= 15 is 0 Å². The number of carbonyl (C=O) groups is 1. The second kappa shape index (κ2) is 8.32. The van der Waals surface area contributed by atoms with Crippen LogP contribution >= 0.6 is 23.4 Å². The third kappa shape index (κ3) is 3.79.